The second-order valence-corrected chi connectivity index (χ2v) is 7.48. The molecule has 0 spiro atoms. The Hall–Kier alpha value is -1.65. The zero-order valence-corrected chi connectivity index (χ0v) is 14.6. The summed E-state index contributed by atoms with van der Waals surface area (Å²) in [7, 11) is 0. The third-order valence-electron chi connectivity index (χ3n) is 5.18. The standard InChI is InChI=1S/C19H23ClN4/c20-18-6-7-19(22-21-18)24-13-16-8-9-23(12-17(10-16)14-24)11-15-4-2-1-3-5-15/h1-7,16-17H,8-14H2. The smallest absolute Gasteiger partial charge is 0.151 e. The molecule has 2 fully saturated rings. The fourth-order valence-electron chi connectivity index (χ4n) is 4.13. The summed E-state index contributed by atoms with van der Waals surface area (Å²) in [5.41, 5.74) is 1.41. The minimum atomic E-state index is 0.460. The molecule has 0 amide bonds. The molecule has 2 bridgehead atoms. The Morgan fingerprint density at radius 3 is 2.58 bits per heavy atom. The zero-order valence-electron chi connectivity index (χ0n) is 13.8. The van der Waals surface area contributed by atoms with Gasteiger partial charge in [-0.15, -0.1) is 10.2 Å². The summed E-state index contributed by atoms with van der Waals surface area (Å²) >= 11 is 5.87. The lowest BCUT2D eigenvalue weighted by atomic mass is 9.88. The van der Waals surface area contributed by atoms with Gasteiger partial charge in [0.15, 0.2) is 11.0 Å². The fraction of sp³-hybridized carbons (Fsp3) is 0.474. The number of fused-ring (bicyclic) bond motifs is 2. The molecule has 5 heteroatoms. The molecule has 2 aromatic rings. The Kier molecular flexibility index (Phi) is 4.67. The maximum absolute atomic E-state index is 5.87. The summed E-state index contributed by atoms with van der Waals surface area (Å²) < 4.78 is 0. The van der Waals surface area contributed by atoms with E-state index in [4.69, 9.17) is 11.6 Å². The van der Waals surface area contributed by atoms with Crippen LogP contribution >= 0.6 is 11.6 Å². The highest BCUT2D eigenvalue weighted by atomic mass is 35.5. The summed E-state index contributed by atoms with van der Waals surface area (Å²) in [6, 6.07) is 14.6. The summed E-state index contributed by atoms with van der Waals surface area (Å²) in [6.45, 7) is 5.58. The lowest BCUT2D eigenvalue weighted by molar-refractivity contribution is 0.240. The lowest BCUT2D eigenvalue weighted by Crippen LogP contribution is -2.42. The van der Waals surface area contributed by atoms with Crippen molar-refractivity contribution in [2.45, 2.75) is 19.4 Å². The molecule has 4 nitrogen and oxygen atoms in total. The number of benzene rings is 1. The first-order valence-electron chi connectivity index (χ1n) is 8.77. The highest BCUT2D eigenvalue weighted by Gasteiger charge is 2.32. The maximum atomic E-state index is 5.87. The van der Waals surface area contributed by atoms with Crippen molar-refractivity contribution in [2.75, 3.05) is 31.1 Å². The number of nitrogens with zero attached hydrogens (tertiary/aromatic N) is 4. The van der Waals surface area contributed by atoms with Gasteiger partial charge in [-0.25, -0.2) is 0 Å². The van der Waals surface area contributed by atoms with Crippen LogP contribution in [0.2, 0.25) is 5.15 Å². The largest absolute Gasteiger partial charge is 0.355 e. The second kappa shape index (κ2) is 7.08. The molecule has 1 aromatic carbocycles. The maximum Gasteiger partial charge on any atom is 0.151 e. The van der Waals surface area contributed by atoms with Crippen molar-refractivity contribution in [2.24, 2.45) is 11.8 Å². The Bertz CT molecular complexity index is 661. The van der Waals surface area contributed by atoms with Crippen LogP contribution in [0.5, 0.6) is 0 Å². The number of rotatable bonds is 3. The molecule has 0 aliphatic carbocycles. The van der Waals surface area contributed by atoms with Crippen LogP contribution in [0.25, 0.3) is 0 Å². The monoisotopic (exact) mass is 342 g/mol. The molecule has 2 atom stereocenters. The molecule has 4 rings (SSSR count). The Balaban J connectivity index is 1.44. The van der Waals surface area contributed by atoms with Crippen LogP contribution in [-0.2, 0) is 6.54 Å². The molecule has 2 aliphatic heterocycles. The van der Waals surface area contributed by atoms with E-state index in [0.717, 1.165) is 31.4 Å². The molecule has 3 heterocycles. The summed E-state index contributed by atoms with van der Waals surface area (Å²) in [4.78, 5) is 5.02. The normalized spacial score (nSPS) is 24.6. The number of anilines is 1. The minimum Gasteiger partial charge on any atom is -0.355 e. The van der Waals surface area contributed by atoms with E-state index in [0.29, 0.717) is 11.1 Å². The number of piperidine rings is 1. The molecule has 2 aliphatic rings. The van der Waals surface area contributed by atoms with Gasteiger partial charge in [-0.05, 0) is 48.9 Å². The van der Waals surface area contributed by atoms with E-state index >= 15 is 0 Å². The number of hydrogen-bond donors (Lipinski definition) is 0. The SMILES string of the molecule is Clc1ccc(N2CC3CCN(Cc4ccccc4)CC(C3)C2)nn1. The molecular formula is C19H23ClN4. The summed E-state index contributed by atoms with van der Waals surface area (Å²) in [6.07, 6.45) is 2.60. The average molecular weight is 343 g/mol. The molecule has 0 saturated carbocycles. The Morgan fingerprint density at radius 1 is 0.958 bits per heavy atom. The van der Waals surface area contributed by atoms with Gasteiger partial charge < -0.3 is 4.90 Å². The van der Waals surface area contributed by atoms with Gasteiger partial charge in [0.2, 0.25) is 0 Å². The van der Waals surface area contributed by atoms with Crippen LogP contribution in [0.15, 0.2) is 42.5 Å². The topological polar surface area (TPSA) is 32.3 Å². The van der Waals surface area contributed by atoms with Crippen LogP contribution < -0.4 is 4.90 Å². The van der Waals surface area contributed by atoms with Crippen molar-refractivity contribution in [3.05, 3.63) is 53.2 Å². The third kappa shape index (κ3) is 3.70. The van der Waals surface area contributed by atoms with E-state index in [1.54, 1.807) is 0 Å². The van der Waals surface area contributed by atoms with E-state index in [9.17, 15) is 0 Å². The minimum absolute atomic E-state index is 0.460. The van der Waals surface area contributed by atoms with Crippen LogP contribution in [0.3, 0.4) is 0 Å². The summed E-state index contributed by atoms with van der Waals surface area (Å²) in [5.74, 6) is 2.42. The number of aromatic nitrogens is 2. The molecule has 24 heavy (non-hydrogen) atoms. The van der Waals surface area contributed by atoms with Crippen LogP contribution in [0.4, 0.5) is 5.82 Å². The Labute approximate surface area is 148 Å². The molecule has 0 N–H and O–H groups in total. The first-order valence-corrected chi connectivity index (χ1v) is 9.14. The number of likely N-dealkylation sites (tertiary alicyclic amines) is 1. The van der Waals surface area contributed by atoms with Gasteiger partial charge in [0.1, 0.15) is 0 Å². The molecule has 126 valence electrons. The average Bonchev–Trinajstić information content (AvgIpc) is 2.74. The predicted octanol–water partition coefficient (Wildman–Crippen LogP) is 3.48. The highest BCUT2D eigenvalue weighted by molar-refractivity contribution is 6.29. The van der Waals surface area contributed by atoms with Crippen LogP contribution in [0.1, 0.15) is 18.4 Å². The van der Waals surface area contributed by atoms with E-state index in [1.807, 2.05) is 12.1 Å². The van der Waals surface area contributed by atoms with Crippen molar-refractivity contribution >= 4 is 17.4 Å². The van der Waals surface area contributed by atoms with Gasteiger partial charge in [0.05, 0.1) is 0 Å². The van der Waals surface area contributed by atoms with E-state index in [1.165, 1.54) is 31.5 Å². The van der Waals surface area contributed by atoms with Gasteiger partial charge in [0, 0.05) is 26.2 Å². The molecule has 2 saturated heterocycles. The summed E-state index contributed by atoms with van der Waals surface area (Å²) in [5, 5.41) is 8.74. The van der Waals surface area contributed by atoms with E-state index in [-0.39, 0.29) is 0 Å². The second-order valence-electron chi connectivity index (χ2n) is 7.10. The Morgan fingerprint density at radius 2 is 1.79 bits per heavy atom. The van der Waals surface area contributed by atoms with Gasteiger partial charge >= 0.3 is 0 Å². The molecule has 0 radical (unpaired) electrons. The van der Waals surface area contributed by atoms with Crippen molar-refractivity contribution in [3.8, 4) is 0 Å². The van der Waals surface area contributed by atoms with Gasteiger partial charge in [-0.3, -0.25) is 4.90 Å². The van der Waals surface area contributed by atoms with Crippen molar-refractivity contribution in [3.63, 3.8) is 0 Å². The first kappa shape index (κ1) is 15.9. The van der Waals surface area contributed by atoms with Crippen LogP contribution in [-0.4, -0.2) is 41.3 Å². The highest BCUT2D eigenvalue weighted by Crippen LogP contribution is 2.31. The quantitative estimate of drug-likeness (QED) is 0.854. The zero-order chi connectivity index (χ0) is 16.4. The van der Waals surface area contributed by atoms with Crippen molar-refractivity contribution in [1.82, 2.24) is 15.1 Å². The van der Waals surface area contributed by atoms with E-state index in [2.05, 4.69) is 50.3 Å². The fourth-order valence-corrected chi connectivity index (χ4v) is 4.23. The lowest BCUT2D eigenvalue weighted by Gasteiger charge is -2.37. The molecular weight excluding hydrogens is 320 g/mol. The van der Waals surface area contributed by atoms with Gasteiger partial charge in [-0.2, -0.15) is 0 Å². The van der Waals surface area contributed by atoms with Gasteiger partial charge in [0.25, 0.3) is 0 Å². The van der Waals surface area contributed by atoms with Crippen molar-refractivity contribution < 1.29 is 0 Å². The van der Waals surface area contributed by atoms with Crippen LogP contribution in [0, 0.1) is 11.8 Å². The van der Waals surface area contributed by atoms with Gasteiger partial charge in [-0.1, -0.05) is 41.9 Å². The first-order chi connectivity index (χ1) is 11.8. The number of halogens is 1. The number of hydrogen-bond acceptors (Lipinski definition) is 4. The molecule has 2 unspecified atom stereocenters. The molecule has 1 aromatic heterocycles. The van der Waals surface area contributed by atoms with Crippen molar-refractivity contribution in [1.29, 1.82) is 0 Å². The third-order valence-corrected chi connectivity index (χ3v) is 5.39. The van der Waals surface area contributed by atoms with E-state index < -0.39 is 0 Å². The predicted molar refractivity (Wildman–Crippen MR) is 97.2 cm³/mol.